The van der Waals surface area contributed by atoms with Crippen molar-refractivity contribution in [3.63, 3.8) is 0 Å². The highest BCUT2D eigenvalue weighted by Crippen LogP contribution is 2.44. The van der Waals surface area contributed by atoms with Crippen LogP contribution < -0.4 is 5.32 Å². The lowest BCUT2D eigenvalue weighted by Crippen LogP contribution is -2.53. The SMILES string of the molecule is O=C(NC(CC(F)(F)F)C(=O)N1CCC[C@H](C(=O)O)C1)OCC1c2ccccc2-c2ccccc21. The van der Waals surface area contributed by atoms with Crippen LogP contribution in [-0.2, 0) is 14.3 Å². The number of carbonyl (C=O) groups excluding carboxylic acids is 2. The fraction of sp³-hybridized carbons (Fsp3) is 0.400. The number of aliphatic carboxylic acids is 1. The number of benzene rings is 2. The number of ether oxygens (including phenoxy) is 1. The molecule has 35 heavy (non-hydrogen) atoms. The number of amides is 2. The number of alkyl carbamates (subject to hydrolysis) is 1. The van der Waals surface area contributed by atoms with Crippen molar-refractivity contribution >= 4 is 18.0 Å². The van der Waals surface area contributed by atoms with Crippen LogP contribution in [0.4, 0.5) is 18.0 Å². The van der Waals surface area contributed by atoms with Crippen molar-refractivity contribution in [2.24, 2.45) is 5.92 Å². The van der Waals surface area contributed by atoms with Crippen molar-refractivity contribution in [1.82, 2.24) is 10.2 Å². The monoisotopic (exact) mass is 490 g/mol. The average molecular weight is 490 g/mol. The van der Waals surface area contributed by atoms with Crippen LogP contribution in [-0.4, -0.2) is 59.9 Å². The van der Waals surface area contributed by atoms with Gasteiger partial charge in [0.15, 0.2) is 0 Å². The number of carboxylic acids is 1. The van der Waals surface area contributed by atoms with Gasteiger partial charge in [0.2, 0.25) is 5.91 Å². The molecule has 2 aliphatic rings. The summed E-state index contributed by atoms with van der Waals surface area (Å²) in [7, 11) is 0. The smallest absolute Gasteiger partial charge is 0.407 e. The Hall–Kier alpha value is -3.56. The summed E-state index contributed by atoms with van der Waals surface area (Å²) >= 11 is 0. The Bertz CT molecular complexity index is 1070. The molecule has 1 aliphatic heterocycles. The van der Waals surface area contributed by atoms with Crippen LogP contribution in [0.15, 0.2) is 48.5 Å². The predicted molar refractivity (Wildman–Crippen MR) is 120 cm³/mol. The third-order valence-corrected chi connectivity index (χ3v) is 6.45. The Kier molecular flexibility index (Phi) is 7.00. The van der Waals surface area contributed by atoms with Gasteiger partial charge in [0.05, 0.1) is 12.3 Å². The molecule has 2 N–H and O–H groups in total. The largest absolute Gasteiger partial charge is 0.481 e. The van der Waals surface area contributed by atoms with Gasteiger partial charge in [-0.25, -0.2) is 4.79 Å². The molecule has 1 fully saturated rings. The number of hydrogen-bond acceptors (Lipinski definition) is 4. The minimum Gasteiger partial charge on any atom is -0.481 e. The maximum atomic E-state index is 13.2. The van der Waals surface area contributed by atoms with E-state index in [0.29, 0.717) is 12.8 Å². The van der Waals surface area contributed by atoms with E-state index in [0.717, 1.165) is 27.2 Å². The molecule has 2 amide bonds. The van der Waals surface area contributed by atoms with Crippen LogP contribution in [0.25, 0.3) is 11.1 Å². The molecule has 0 spiro atoms. The Balaban J connectivity index is 1.44. The molecule has 4 rings (SSSR count). The molecule has 1 heterocycles. The fourth-order valence-corrected chi connectivity index (χ4v) is 4.81. The Labute approximate surface area is 199 Å². The van der Waals surface area contributed by atoms with Crippen LogP contribution in [0, 0.1) is 5.92 Å². The lowest BCUT2D eigenvalue weighted by atomic mass is 9.97. The molecule has 7 nitrogen and oxygen atoms in total. The number of fused-ring (bicyclic) bond motifs is 3. The topological polar surface area (TPSA) is 95.9 Å². The molecule has 2 atom stereocenters. The summed E-state index contributed by atoms with van der Waals surface area (Å²) in [6.07, 6.45) is -6.75. The standard InChI is InChI=1S/C25H25F3N2O5/c26-25(27,28)12-21(22(31)30-11-5-6-15(13-30)23(32)33)29-24(34)35-14-20-18-9-3-1-7-16(18)17-8-2-4-10-19(17)20/h1-4,7-10,15,20-21H,5-6,11-14H2,(H,29,34)(H,32,33)/t15-,21?/m0/s1. The first-order chi connectivity index (χ1) is 16.6. The number of hydrogen-bond donors (Lipinski definition) is 2. The van der Waals surface area contributed by atoms with Gasteiger partial charge in [-0.1, -0.05) is 48.5 Å². The summed E-state index contributed by atoms with van der Waals surface area (Å²) in [5.74, 6) is -3.22. The first kappa shape index (κ1) is 24.6. The van der Waals surface area contributed by atoms with E-state index in [2.05, 4.69) is 5.32 Å². The highest BCUT2D eigenvalue weighted by Gasteiger charge is 2.40. The number of rotatable bonds is 6. The van der Waals surface area contributed by atoms with Crippen molar-refractivity contribution in [1.29, 1.82) is 0 Å². The van der Waals surface area contributed by atoms with E-state index in [9.17, 15) is 32.7 Å². The summed E-state index contributed by atoms with van der Waals surface area (Å²) in [6.45, 7) is -0.185. The van der Waals surface area contributed by atoms with E-state index in [4.69, 9.17) is 4.74 Å². The maximum absolute atomic E-state index is 13.2. The van der Waals surface area contributed by atoms with Gasteiger partial charge >= 0.3 is 18.2 Å². The van der Waals surface area contributed by atoms with E-state index < -0.39 is 42.5 Å². The lowest BCUT2D eigenvalue weighted by Gasteiger charge is -2.33. The van der Waals surface area contributed by atoms with Crippen molar-refractivity contribution in [2.75, 3.05) is 19.7 Å². The number of halogens is 3. The van der Waals surface area contributed by atoms with E-state index >= 15 is 0 Å². The quantitative estimate of drug-likeness (QED) is 0.634. The molecule has 0 radical (unpaired) electrons. The predicted octanol–water partition coefficient (Wildman–Crippen LogP) is 4.17. The molecular weight excluding hydrogens is 465 g/mol. The maximum Gasteiger partial charge on any atom is 0.407 e. The number of alkyl halides is 3. The van der Waals surface area contributed by atoms with Gasteiger partial charge in [-0.3, -0.25) is 9.59 Å². The fourth-order valence-electron chi connectivity index (χ4n) is 4.81. The molecule has 1 unspecified atom stereocenters. The van der Waals surface area contributed by atoms with E-state index in [-0.39, 0.29) is 25.6 Å². The first-order valence-electron chi connectivity index (χ1n) is 11.3. The van der Waals surface area contributed by atoms with Crippen molar-refractivity contribution in [3.05, 3.63) is 59.7 Å². The normalized spacial score (nSPS) is 18.4. The van der Waals surface area contributed by atoms with Crippen molar-refractivity contribution in [3.8, 4) is 11.1 Å². The number of likely N-dealkylation sites (tertiary alicyclic amines) is 1. The molecule has 0 bridgehead atoms. The molecule has 186 valence electrons. The number of piperidine rings is 1. The molecule has 2 aromatic carbocycles. The van der Waals surface area contributed by atoms with Crippen molar-refractivity contribution < 1.29 is 37.4 Å². The minimum absolute atomic E-state index is 0.114. The van der Waals surface area contributed by atoms with Crippen LogP contribution in [0.2, 0.25) is 0 Å². The number of carbonyl (C=O) groups is 3. The molecule has 2 aromatic rings. The summed E-state index contributed by atoms with van der Waals surface area (Å²) in [6, 6.07) is 13.3. The van der Waals surface area contributed by atoms with E-state index in [1.54, 1.807) is 0 Å². The second-order valence-corrected chi connectivity index (χ2v) is 8.80. The molecule has 10 heteroatoms. The summed E-state index contributed by atoms with van der Waals surface area (Å²) < 4.78 is 44.9. The van der Waals surface area contributed by atoms with Gasteiger partial charge in [0, 0.05) is 19.0 Å². The Morgan fingerprint density at radius 2 is 1.66 bits per heavy atom. The second kappa shape index (κ2) is 9.97. The number of nitrogens with one attached hydrogen (secondary N) is 1. The zero-order chi connectivity index (χ0) is 25.2. The zero-order valence-electron chi connectivity index (χ0n) is 18.8. The first-order valence-corrected chi connectivity index (χ1v) is 11.3. The van der Waals surface area contributed by atoms with Gasteiger partial charge < -0.3 is 20.1 Å². The van der Waals surface area contributed by atoms with E-state index in [1.165, 1.54) is 0 Å². The van der Waals surface area contributed by atoms with Gasteiger partial charge in [0.1, 0.15) is 12.6 Å². The molecule has 0 aromatic heterocycles. The highest BCUT2D eigenvalue weighted by atomic mass is 19.4. The van der Waals surface area contributed by atoms with Crippen LogP contribution in [0.1, 0.15) is 36.3 Å². The molecule has 0 saturated carbocycles. The molecule has 1 aliphatic carbocycles. The van der Waals surface area contributed by atoms with Crippen molar-refractivity contribution in [2.45, 2.75) is 37.4 Å². The molecular formula is C25H25F3N2O5. The van der Waals surface area contributed by atoms with Gasteiger partial charge in [0.25, 0.3) is 0 Å². The summed E-state index contributed by atoms with van der Waals surface area (Å²) in [5.41, 5.74) is 3.88. The second-order valence-electron chi connectivity index (χ2n) is 8.80. The third kappa shape index (κ3) is 5.58. The minimum atomic E-state index is -4.72. The van der Waals surface area contributed by atoms with E-state index in [1.807, 2.05) is 48.5 Å². The lowest BCUT2D eigenvalue weighted by molar-refractivity contribution is -0.157. The average Bonchev–Trinajstić information content (AvgIpc) is 3.15. The van der Waals surface area contributed by atoms with Crippen LogP contribution >= 0.6 is 0 Å². The zero-order valence-corrected chi connectivity index (χ0v) is 18.8. The van der Waals surface area contributed by atoms with Crippen LogP contribution in [0.3, 0.4) is 0 Å². The highest BCUT2D eigenvalue weighted by molar-refractivity contribution is 5.86. The van der Waals surface area contributed by atoms with Gasteiger partial charge in [-0.2, -0.15) is 13.2 Å². The van der Waals surface area contributed by atoms with Gasteiger partial charge in [-0.05, 0) is 35.1 Å². The Morgan fingerprint density at radius 1 is 1.06 bits per heavy atom. The number of carboxylic acid groups (broad SMARTS) is 1. The Morgan fingerprint density at radius 3 is 2.23 bits per heavy atom. The summed E-state index contributed by atoms with van der Waals surface area (Å²) in [5, 5.41) is 11.3. The molecule has 1 saturated heterocycles. The number of nitrogens with zero attached hydrogens (tertiary/aromatic N) is 1. The summed E-state index contributed by atoms with van der Waals surface area (Å²) in [4.78, 5) is 37.7. The van der Waals surface area contributed by atoms with Crippen LogP contribution in [0.5, 0.6) is 0 Å². The van der Waals surface area contributed by atoms with Gasteiger partial charge in [-0.15, -0.1) is 0 Å². The third-order valence-electron chi connectivity index (χ3n) is 6.45.